The second kappa shape index (κ2) is 6.93. The minimum atomic E-state index is -5.02. The Kier molecular flexibility index (Phi) is 6.30. The molecule has 0 aromatic heterocycles. The quantitative estimate of drug-likeness (QED) is 0.577. The summed E-state index contributed by atoms with van der Waals surface area (Å²) in [6.07, 6.45) is -3.37. The number of nitrogens with one attached hydrogen (secondary N) is 1. The first-order valence-corrected chi connectivity index (χ1v) is 4.98. The molecule has 0 saturated carbocycles. The fourth-order valence-corrected chi connectivity index (χ4v) is 0.924. The number of ether oxygens (including phenoxy) is 1. The molecule has 98 valence electrons. The molecule has 1 amide bonds. The van der Waals surface area contributed by atoms with Crippen LogP contribution < -0.4 is 5.32 Å². The third kappa shape index (κ3) is 5.94. The van der Waals surface area contributed by atoms with Crippen molar-refractivity contribution in [2.45, 2.75) is 32.0 Å². The van der Waals surface area contributed by atoms with Crippen molar-refractivity contribution in [1.29, 1.82) is 0 Å². The van der Waals surface area contributed by atoms with Gasteiger partial charge in [-0.3, -0.25) is 4.79 Å². The van der Waals surface area contributed by atoms with E-state index in [2.05, 4.69) is 11.3 Å². The van der Waals surface area contributed by atoms with E-state index >= 15 is 0 Å². The fraction of sp³-hybridized carbons (Fsp3) is 0.600. The molecule has 17 heavy (non-hydrogen) atoms. The number of carbonyl (C=O) groups is 2. The van der Waals surface area contributed by atoms with Crippen molar-refractivity contribution < 1.29 is 27.5 Å². The standard InChI is InChI=1S/C10H14F3NO3/c1-3-5-7(8(15)17-6-4-2)14-9(16)10(11,12)13/h3,7H,1,4-6H2,2H3,(H,14,16). The maximum atomic E-state index is 12.0. The Hall–Kier alpha value is -1.53. The first-order chi connectivity index (χ1) is 7.82. The molecule has 4 nitrogen and oxygen atoms in total. The zero-order valence-corrected chi connectivity index (χ0v) is 9.34. The van der Waals surface area contributed by atoms with Crippen LogP contribution in [-0.4, -0.2) is 30.7 Å². The second-order valence-corrected chi connectivity index (χ2v) is 3.22. The number of halogens is 3. The number of esters is 1. The van der Waals surface area contributed by atoms with Crippen molar-refractivity contribution >= 4 is 11.9 Å². The Morgan fingerprint density at radius 2 is 2.06 bits per heavy atom. The van der Waals surface area contributed by atoms with Gasteiger partial charge in [0.05, 0.1) is 6.61 Å². The van der Waals surface area contributed by atoms with Crippen LogP contribution in [0.5, 0.6) is 0 Å². The molecule has 1 atom stereocenters. The maximum Gasteiger partial charge on any atom is 0.471 e. The van der Waals surface area contributed by atoms with Crippen LogP contribution in [0, 0.1) is 0 Å². The SMILES string of the molecule is C=CCC(NC(=O)C(F)(F)F)C(=O)OCCC. The van der Waals surface area contributed by atoms with E-state index in [4.69, 9.17) is 0 Å². The molecule has 0 aliphatic rings. The Labute approximate surface area is 96.8 Å². The summed E-state index contributed by atoms with van der Waals surface area (Å²) in [5.41, 5.74) is 0. The number of amides is 1. The molecule has 0 aliphatic carbocycles. The van der Waals surface area contributed by atoms with Crippen molar-refractivity contribution in [3.05, 3.63) is 12.7 Å². The zero-order valence-electron chi connectivity index (χ0n) is 9.34. The van der Waals surface area contributed by atoms with Crippen LogP contribution in [0.3, 0.4) is 0 Å². The molecule has 0 rings (SSSR count). The van der Waals surface area contributed by atoms with Crippen LogP contribution in [0.25, 0.3) is 0 Å². The topological polar surface area (TPSA) is 55.4 Å². The summed E-state index contributed by atoms with van der Waals surface area (Å²) in [4.78, 5) is 22.0. The number of hydrogen-bond donors (Lipinski definition) is 1. The molecule has 0 radical (unpaired) electrons. The smallest absolute Gasteiger partial charge is 0.464 e. The number of carbonyl (C=O) groups excluding carboxylic acids is 2. The number of rotatable bonds is 6. The first kappa shape index (κ1) is 15.5. The third-order valence-corrected chi connectivity index (χ3v) is 1.70. The van der Waals surface area contributed by atoms with E-state index in [1.807, 2.05) is 0 Å². The van der Waals surface area contributed by atoms with E-state index in [0.717, 1.165) is 0 Å². The Bertz CT molecular complexity index is 289. The molecule has 7 heteroatoms. The normalized spacial score (nSPS) is 12.7. The lowest BCUT2D eigenvalue weighted by Crippen LogP contribution is -2.47. The van der Waals surface area contributed by atoms with Gasteiger partial charge in [-0.1, -0.05) is 13.0 Å². The highest BCUT2D eigenvalue weighted by Crippen LogP contribution is 2.15. The summed E-state index contributed by atoms with van der Waals surface area (Å²) in [7, 11) is 0. The van der Waals surface area contributed by atoms with Crippen molar-refractivity contribution in [1.82, 2.24) is 5.32 Å². The van der Waals surface area contributed by atoms with Gasteiger partial charge >= 0.3 is 18.1 Å². The van der Waals surface area contributed by atoms with Crippen LogP contribution >= 0.6 is 0 Å². The molecule has 0 aliphatic heterocycles. The predicted octanol–water partition coefficient (Wildman–Crippen LogP) is 1.56. The second-order valence-electron chi connectivity index (χ2n) is 3.22. The first-order valence-electron chi connectivity index (χ1n) is 4.98. The van der Waals surface area contributed by atoms with Gasteiger partial charge in [-0.05, 0) is 12.8 Å². The molecule has 0 spiro atoms. The Morgan fingerprint density at radius 3 is 2.47 bits per heavy atom. The van der Waals surface area contributed by atoms with E-state index in [-0.39, 0.29) is 13.0 Å². The molecule has 0 bridgehead atoms. The lowest BCUT2D eigenvalue weighted by atomic mass is 10.2. The van der Waals surface area contributed by atoms with E-state index in [1.165, 1.54) is 6.08 Å². The minimum Gasteiger partial charge on any atom is -0.464 e. The summed E-state index contributed by atoms with van der Waals surface area (Å²) < 4.78 is 40.6. The van der Waals surface area contributed by atoms with Crippen molar-refractivity contribution in [2.75, 3.05) is 6.61 Å². The van der Waals surface area contributed by atoms with Crippen LogP contribution in [0.2, 0.25) is 0 Å². The van der Waals surface area contributed by atoms with Gasteiger partial charge in [-0.2, -0.15) is 13.2 Å². The van der Waals surface area contributed by atoms with Gasteiger partial charge < -0.3 is 10.1 Å². The molecular formula is C10H14F3NO3. The predicted molar refractivity (Wildman–Crippen MR) is 54.0 cm³/mol. The lowest BCUT2D eigenvalue weighted by Gasteiger charge is -2.16. The van der Waals surface area contributed by atoms with Gasteiger partial charge in [0, 0.05) is 0 Å². The van der Waals surface area contributed by atoms with Gasteiger partial charge in [0.1, 0.15) is 6.04 Å². The summed E-state index contributed by atoms with van der Waals surface area (Å²) in [5.74, 6) is -3.07. The average Bonchev–Trinajstić information content (AvgIpc) is 2.23. The largest absolute Gasteiger partial charge is 0.471 e. The molecule has 0 fully saturated rings. The van der Waals surface area contributed by atoms with Crippen LogP contribution in [0.1, 0.15) is 19.8 Å². The van der Waals surface area contributed by atoms with E-state index in [1.54, 1.807) is 12.2 Å². The zero-order chi connectivity index (χ0) is 13.5. The summed E-state index contributed by atoms with van der Waals surface area (Å²) in [5, 5.41) is 1.56. The monoisotopic (exact) mass is 253 g/mol. The van der Waals surface area contributed by atoms with E-state index < -0.39 is 24.1 Å². The fourth-order valence-electron chi connectivity index (χ4n) is 0.924. The van der Waals surface area contributed by atoms with Crippen molar-refractivity contribution in [3.8, 4) is 0 Å². The number of hydrogen-bond acceptors (Lipinski definition) is 3. The minimum absolute atomic E-state index is 0.0916. The molecule has 1 unspecified atom stereocenters. The van der Waals surface area contributed by atoms with E-state index in [0.29, 0.717) is 6.42 Å². The van der Waals surface area contributed by atoms with Crippen molar-refractivity contribution in [2.24, 2.45) is 0 Å². The van der Waals surface area contributed by atoms with Crippen molar-refractivity contribution in [3.63, 3.8) is 0 Å². The van der Waals surface area contributed by atoms with Crippen LogP contribution in [-0.2, 0) is 14.3 Å². The summed E-state index contributed by atoms with van der Waals surface area (Å²) >= 11 is 0. The Balaban J connectivity index is 4.47. The molecule has 0 aromatic rings. The highest BCUT2D eigenvalue weighted by atomic mass is 19.4. The van der Waals surface area contributed by atoms with Gasteiger partial charge in [0.15, 0.2) is 0 Å². The molecule has 0 heterocycles. The highest BCUT2D eigenvalue weighted by molar-refractivity contribution is 5.87. The lowest BCUT2D eigenvalue weighted by molar-refractivity contribution is -0.175. The molecule has 0 aromatic carbocycles. The van der Waals surface area contributed by atoms with Gasteiger partial charge in [0.2, 0.25) is 0 Å². The summed E-state index contributed by atoms with van der Waals surface area (Å²) in [6.45, 7) is 5.12. The van der Waals surface area contributed by atoms with E-state index in [9.17, 15) is 22.8 Å². The average molecular weight is 253 g/mol. The highest BCUT2D eigenvalue weighted by Gasteiger charge is 2.40. The molecular weight excluding hydrogens is 239 g/mol. The van der Waals surface area contributed by atoms with Crippen LogP contribution in [0.4, 0.5) is 13.2 Å². The molecule has 1 N–H and O–H groups in total. The number of alkyl halides is 3. The third-order valence-electron chi connectivity index (χ3n) is 1.70. The van der Waals surface area contributed by atoms with Gasteiger partial charge in [-0.15, -0.1) is 6.58 Å². The summed E-state index contributed by atoms with van der Waals surface area (Å²) in [6, 6.07) is -1.35. The maximum absolute atomic E-state index is 12.0. The molecule has 0 saturated heterocycles. The van der Waals surface area contributed by atoms with Gasteiger partial charge in [0.25, 0.3) is 0 Å². The Morgan fingerprint density at radius 1 is 1.47 bits per heavy atom. The van der Waals surface area contributed by atoms with Crippen LogP contribution in [0.15, 0.2) is 12.7 Å². The van der Waals surface area contributed by atoms with Gasteiger partial charge in [-0.25, -0.2) is 4.79 Å².